The van der Waals surface area contributed by atoms with E-state index in [0.29, 0.717) is 61.8 Å². The zero-order valence-corrected chi connectivity index (χ0v) is 57.3. The molecule has 7 amide bonds. The normalized spacial score (nSPS) is 17.2. The van der Waals surface area contributed by atoms with Crippen LogP contribution in [0.25, 0.3) is 0 Å². The van der Waals surface area contributed by atoms with Gasteiger partial charge < -0.3 is 67.6 Å². The van der Waals surface area contributed by atoms with Crippen LogP contribution in [0.1, 0.15) is 164 Å². The van der Waals surface area contributed by atoms with Crippen LogP contribution < -0.4 is 54.0 Å². The van der Waals surface area contributed by atoms with Crippen molar-refractivity contribution in [1.29, 1.82) is 0 Å². The van der Waals surface area contributed by atoms with Crippen LogP contribution in [0.5, 0.6) is 0 Å². The van der Waals surface area contributed by atoms with Crippen LogP contribution >= 0.6 is 0 Å². The van der Waals surface area contributed by atoms with Crippen LogP contribution in [-0.4, -0.2) is 140 Å². The third-order valence-electron chi connectivity index (χ3n) is 18.0. The molecule has 97 heavy (non-hydrogen) atoms. The van der Waals surface area contributed by atoms with E-state index in [4.69, 9.17) is 21.7 Å². The number of guanidine groups is 1. The zero-order valence-electron chi connectivity index (χ0n) is 55.6. The molecule has 0 spiro atoms. The van der Waals surface area contributed by atoms with Gasteiger partial charge in [0.2, 0.25) is 46.9 Å². The summed E-state index contributed by atoms with van der Waals surface area (Å²) in [6.45, 7) is 10.0. The summed E-state index contributed by atoms with van der Waals surface area (Å²) < 4.78 is 78.9. The molecule has 4 aromatic rings. The predicted octanol–water partition coefficient (Wildman–Crippen LogP) is 4.77. The number of nitrogens with zero attached hydrogens (tertiary/aromatic N) is 4. The molecule has 1 aliphatic carbocycles. The van der Waals surface area contributed by atoms with Crippen molar-refractivity contribution in [3.8, 4) is 0 Å². The topological polar surface area (TPSA) is 429 Å². The van der Waals surface area contributed by atoms with Crippen LogP contribution in [0, 0.1) is 5.92 Å². The number of aliphatic imine (C=N–C) groups is 1. The summed E-state index contributed by atoms with van der Waals surface area (Å²) in [7, 11) is -7.55. The van der Waals surface area contributed by atoms with E-state index in [9.17, 15) is 59.5 Å². The lowest BCUT2D eigenvalue weighted by Gasteiger charge is -2.28. The molecule has 7 rings (SSSR count). The number of hydrogen-bond acceptors (Lipinski definition) is 17. The van der Waals surface area contributed by atoms with Crippen molar-refractivity contribution in [2.75, 3.05) is 31.6 Å². The number of nitrogens with two attached hydrogens (primary N) is 3. The van der Waals surface area contributed by atoms with Crippen LogP contribution in [0.3, 0.4) is 0 Å². The number of nitrogens with one attached hydrogen (secondary N) is 6. The first-order valence-electron chi connectivity index (χ1n) is 32.6. The fraction of sp³-hybridized carbons (Fsp3) is 0.471. The second-order valence-electron chi connectivity index (χ2n) is 25.8. The molecule has 0 bridgehead atoms. The molecule has 1 fully saturated rings. The Morgan fingerprint density at radius 3 is 2.03 bits per heavy atom. The van der Waals surface area contributed by atoms with Gasteiger partial charge in [0.25, 0.3) is 5.91 Å². The van der Waals surface area contributed by atoms with E-state index in [1.807, 2.05) is 69.7 Å². The average Bonchev–Trinajstić information content (AvgIpc) is 1.60. The molecule has 3 heterocycles. The van der Waals surface area contributed by atoms with Gasteiger partial charge >= 0.3 is 0 Å². The highest BCUT2D eigenvalue weighted by atomic mass is 32.2. The van der Waals surface area contributed by atoms with Crippen molar-refractivity contribution in [2.24, 2.45) is 28.1 Å². The summed E-state index contributed by atoms with van der Waals surface area (Å²) in [5.41, 5.74) is 20.5. The standard InChI is InChI=1S/C68H91N13O14S2/c1-43(75-65(88)59(45-24-13-8-14-25-45)79-63(86)52(40-44-22-11-7-12-23-44)78-64(87)55-35-38-74-95-55)61(84)77-51(27-21-37-73-66(70)71)62(85)76-50(60(69)83)26-18-19-36-72-58(82)30-17-10-20-39-81-54-34-32-47(97(92,93)94)42-49(54)68(4,5)57(81)29-16-9-15-28-56-67(2,3)48-41-46(96(89,90)91)31-33-53(48)80(56)6/h8-9,13-16,24-25,28-29,31-35,38,41-44,50-52,59H,7,10-12,17-23,26-27,30,36-37,39-40H2,1-6H3,(H13-,69,70,71,72,73,75,76,77,78,79,82,83,84,85,86,87,88,89,90,91,92,93,94)/p-1/t43-,50-,51-,52-,59-/m0/s1. The minimum Gasteiger partial charge on any atom is -0.744 e. The van der Waals surface area contributed by atoms with E-state index in [0.717, 1.165) is 54.9 Å². The van der Waals surface area contributed by atoms with E-state index in [1.165, 1.54) is 43.5 Å². The Balaban J connectivity index is 0.897. The van der Waals surface area contributed by atoms with Crippen LogP contribution in [-0.2, 0) is 59.8 Å². The molecule has 27 nitrogen and oxygen atoms in total. The van der Waals surface area contributed by atoms with Crippen molar-refractivity contribution >= 4 is 84.6 Å². The van der Waals surface area contributed by atoms with Crippen molar-refractivity contribution in [1.82, 2.24) is 37.1 Å². The minimum absolute atomic E-state index is 0.00142. The Labute approximate surface area is 566 Å². The molecule has 12 N–H and O–H groups in total. The van der Waals surface area contributed by atoms with Crippen molar-refractivity contribution in [3.05, 3.63) is 138 Å². The molecular formula is C68H90N13O14S2-. The third-order valence-corrected chi connectivity index (χ3v) is 19.6. The summed E-state index contributed by atoms with van der Waals surface area (Å²) in [4.78, 5) is 101. The van der Waals surface area contributed by atoms with E-state index >= 15 is 0 Å². The van der Waals surface area contributed by atoms with E-state index in [1.54, 1.807) is 42.5 Å². The van der Waals surface area contributed by atoms with Gasteiger partial charge in [-0.2, -0.15) is 4.58 Å². The van der Waals surface area contributed by atoms with Gasteiger partial charge in [-0.3, -0.25) is 38.6 Å². The fourth-order valence-electron chi connectivity index (χ4n) is 12.6. The van der Waals surface area contributed by atoms with Gasteiger partial charge in [-0.1, -0.05) is 106 Å². The molecule has 1 saturated carbocycles. The summed E-state index contributed by atoms with van der Waals surface area (Å²) in [6, 6.07) is 12.3. The van der Waals surface area contributed by atoms with E-state index in [2.05, 4.69) is 46.9 Å². The van der Waals surface area contributed by atoms with E-state index in [-0.39, 0.29) is 72.1 Å². The molecule has 524 valence electrons. The maximum absolute atomic E-state index is 14.2. The Morgan fingerprint density at radius 2 is 1.37 bits per heavy atom. The van der Waals surface area contributed by atoms with Crippen LogP contribution in [0.4, 0.5) is 11.4 Å². The summed E-state index contributed by atoms with van der Waals surface area (Å²) in [5.74, 6) is -4.76. The average molecular weight is 1380 g/mol. The molecular weight excluding hydrogens is 1290 g/mol. The van der Waals surface area contributed by atoms with Crippen molar-refractivity contribution < 1.29 is 68.6 Å². The smallest absolute Gasteiger partial charge is 0.290 e. The molecule has 2 aliphatic heterocycles. The number of primary amides is 1. The summed E-state index contributed by atoms with van der Waals surface area (Å²) in [6.07, 6.45) is 18.9. The Hall–Kier alpha value is -9.06. The lowest BCUT2D eigenvalue weighted by molar-refractivity contribution is -0.401. The number of allylic oxidation sites excluding steroid dienone is 6. The molecule has 3 aliphatic rings. The molecule has 0 radical (unpaired) electrons. The third kappa shape index (κ3) is 20.5. The van der Waals surface area contributed by atoms with Gasteiger partial charge in [0.15, 0.2) is 11.7 Å². The van der Waals surface area contributed by atoms with E-state index < -0.39 is 96.7 Å². The first-order valence-corrected chi connectivity index (χ1v) is 35.4. The SMILES string of the molecule is C[C@H](NC(=O)[C@@H](NC(=O)[C@H](CC1CCCCC1)NC(=O)c1ccno1)c1ccccc1)C(=O)N[C@@H](CCCN=C(N)N)C(=O)N[C@@H](CCCCNC(=O)CCCCCN1C(=CC=CC=CC2=[N+](C)c3ccc(S(=O)(=O)[O-])cc3C2(C)C)C(C)(C)c2cc(S(=O)(=O)[O-])ccc21)C(N)=O. The predicted molar refractivity (Wildman–Crippen MR) is 362 cm³/mol. The van der Waals surface area contributed by atoms with Gasteiger partial charge in [0, 0.05) is 66.6 Å². The Morgan fingerprint density at radius 1 is 0.711 bits per heavy atom. The largest absolute Gasteiger partial charge is 0.744 e. The number of carbonyl (C=O) groups excluding carboxylic acids is 7. The van der Waals surface area contributed by atoms with Crippen molar-refractivity contribution in [3.63, 3.8) is 0 Å². The first-order chi connectivity index (χ1) is 45.9. The maximum Gasteiger partial charge on any atom is 0.290 e. The highest BCUT2D eigenvalue weighted by Gasteiger charge is 2.44. The maximum atomic E-state index is 14.2. The molecule has 3 aromatic carbocycles. The zero-order chi connectivity index (χ0) is 70.8. The second-order valence-corrected chi connectivity index (χ2v) is 28.5. The fourth-order valence-corrected chi connectivity index (χ4v) is 13.6. The number of amides is 7. The Kier molecular flexibility index (Phi) is 26.2. The molecule has 29 heteroatoms. The highest BCUT2D eigenvalue weighted by Crippen LogP contribution is 2.49. The second kappa shape index (κ2) is 33.7. The van der Waals surface area contributed by atoms with Crippen LogP contribution in [0.2, 0.25) is 0 Å². The lowest BCUT2D eigenvalue weighted by atomic mass is 9.81. The highest BCUT2D eigenvalue weighted by molar-refractivity contribution is 7.86. The summed E-state index contributed by atoms with van der Waals surface area (Å²) in [5, 5.41) is 20.0. The number of hydrogen-bond donors (Lipinski definition) is 9. The number of carbonyl (C=O) groups is 7. The number of rotatable bonds is 34. The monoisotopic (exact) mass is 1380 g/mol. The van der Waals surface area contributed by atoms with Crippen LogP contribution in [0.15, 0.2) is 134 Å². The van der Waals surface area contributed by atoms with Gasteiger partial charge in [-0.15, -0.1) is 0 Å². The summed E-state index contributed by atoms with van der Waals surface area (Å²) >= 11 is 0. The number of anilines is 1. The first kappa shape index (κ1) is 75.3. The molecule has 0 saturated heterocycles. The molecule has 0 unspecified atom stereocenters. The van der Waals surface area contributed by atoms with Gasteiger partial charge in [-0.05, 0) is 126 Å². The number of aromatic nitrogens is 1. The lowest BCUT2D eigenvalue weighted by Crippen LogP contribution is -2.57. The quantitative estimate of drug-likeness (QED) is 0.00759. The van der Waals surface area contributed by atoms with Gasteiger partial charge in [0.1, 0.15) is 57.5 Å². The minimum atomic E-state index is -4.75. The number of benzene rings is 3. The molecule has 5 atom stereocenters. The number of fused-ring (bicyclic) bond motifs is 2. The van der Waals surface area contributed by atoms with Crippen molar-refractivity contribution in [2.45, 2.75) is 182 Å². The van der Waals surface area contributed by atoms with Gasteiger partial charge in [-0.25, -0.2) is 16.8 Å². The Bertz CT molecular complexity index is 3900. The number of unbranched alkanes of at least 4 members (excludes halogenated alkanes) is 3. The molecule has 1 aromatic heterocycles. The van der Waals surface area contributed by atoms with Gasteiger partial charge in [0.05, 0.1) is 21.4 Å².